The van der Waals surface area contributed by atoms with Gasteiger partial charge in [0.15, 0.2) is 0 Å². The number of nitrogens with one attached hydrogen (secondary N) is 1. The van der Waals surface area contributed by atoms with Gasteiger partial charge in [-0.1, -0.05) is 11.6 Å². The minimum Gasteiger partial charge on any atom is -0.379 e. The third-order valence-corrected chi connectivity index (χ3v) is 3.14. The van der Waals surface area contributed by atoms with Crippen LogP contribution in [0.25, 0.3) is 0 Å². The summed E-state index contributed by atoms with van der Waals surface area (Å²) in [6.07, 6.45) is 1.76. The van der Waals surface area contributed by atoms with Crippen LogP contribution in [0.1, 0.15) is 23.0 Å². The molecular formula is C13H15ClN4O. The molecule has 0 spiro atoms. The van der Waals surface area contributed by atoms with Gasteiger partial charge in [-0.3, -0.25) is 9.48 Å². The summed E-state index contributed by atoms with van der Waals surface area (Å²) in [7, 11) is 0. The fraction of sp³-hybridized carbons (Fsp3) is 0.231. The van der Waals surface area contributed by atoms with Gasteiger partial charge in [0, 0.05) is 18.4 Å². The smallest absolute Gasteiger partial charge is 0.250 e. The number of halogens is 1. The van der Waals surface area contributed by atoms with Crippen LogP contribution in [0.3, 0.4) is 0 Å². The van der Waals surface area contributed by atoms with Crippen LogP contribution in [0, 0.1) is 0 Å². The van der Waals surface area contributed by atoms with Crippen LogP contribution in [0.5, 0.6) is 0 Å². The van der Waals surface area contributed by atoms with Crippen molar-refractivity contribution in [3.05, 3.63) is 46.7 Å². The summed E-state index contributed by atoms with van der Waals surface area (Å²) in [5.74, 6) is -0.535. The molecule has 1 amide bonds. The van der Waals surface area contributed by atoms with Crippen molar-refractivity contribution in [3.8, 4) is 0 Å². The Bertz CT molecular complexity index is 594. The largest absolute Gasteiger partial charge is 0.379 e. The van der Waals surface area contributed by atoms with E-state index in [1.54, 1.807) is 24.4 Å². The van der Waals surface area contributed by atoms with Crippen molar-refractivity contribution in [1.82, 2.24) is 9.78 Å². The summed E-state index contributed by atoms with van der Waals surface area (Å²) in [6.45, 7) is 3.47. The molecule has 3 N–H and O–H groups in total. The van der Waals surface area contributed by atoms with Crippen molar-refractivity contribution in [3.63, 3.8) is 0 Å². The highest BCUT2D eigenvalue weighted by Gasteiger charge is 2.08. The van der Waals surface area contributed by atoms with Crippen LogP contribution in [-0.2, 0) is 13.1 Å². The zero-order valence-electron chi connectivity index (χ0n) is 10.6. The van der Waals surface area contributed by atoms with Gasteiger partial charge in [0.2, 0.25) is 5.91 Å². The van der Waals surface area contributed by atoms with Gasteiger partial charge in [0.25, 0.3) is 0 Å². The first-order valence-electron chi connectivity index (χ1n) is 5.95. The summed E-state index contributed by atoms with van der Waals surface area (Å²) in [5, 5.41) is 7.76. The summed E-state index contributed by atoms with van der Waals surface area (Å²) in [5.41, 5.74) is 7.43. The SMILES string of the molecule is CCn1nccc1CNc1ccc(Cl)c(C(N)=O)c1. The van der Waals surface area contributed by atoms with Gasteiger partial charge in [-0.25, -0.2) is 0 Å². The maximum Gasteiger partial charge on any atom is 0.250 e. The molecule has 19 heavy (non-hydrogen) atoms. The molecule has 5 nitrogen and oxygen atoms in total. The van der Waals surface area contributed by atoms with Crippen LogP contribution in [0.15, 0.2) is 30.5 Å². The molecule has 0 unspecified atom stereocenters. The van der Waals surface area contributed by atoms with Crippen molar-refractivity contribution in [1.29, 1.82) is 0 Å². The molecule has 0 atom stereocenters. The van der Waals surface area contributed by atoms with E-state index in [1.165, 1.54) is 0 Å². The van der Waals surface area contributed by atoms with Gasteiger partial charge in [-0.2, -0.15) is 5.10 Å². The summed E-state index contributed by atoms with van der Waals surface area (Å²) in [6, 6.07) is 7.06. The van der Waals surface area contributed by atoms with E-state index in [0.717, 1.165) is 17.9 Å². The van der Waals surface area contributed by atoms with E-state index in [1.807, 2.05) is 17.7 Å². The topological polar surface area (TPSA) is 72.9 Å². The zero-order valence-corrected chi connectivity index (χ0v) is 11.3. The zero-order chi connectivity index (χ0) is 13.8. The van der Waals surface area contributed by atoms with Crippen LogP contribution in [0.4, 0.5) is 5.69 Å². The van der Waals surface area contributed by atoms with Gasteiger partial charge in [-0.15, -0.1) is 0 Å². The predicted molar refractivity (Wildman–Crippen MR) is 75.2 cm³/mol. The molecule has 0 aliphatic rings. The molecule has 0 saturated carbocycles. The minimum atomic E-state index is -0.535. The molecule has 1 aromatic heterocycles. The van der Waals surface area contributed by atoms with E-state index in [9.17, 15) is 4.79 Å². The Balaban J connectivity index is 2.12. The number of primary amides is 1. The molecule has 6 heteroatoms. The Hall–Kier alpha value is -2.01. The highest BCUT2D eigenvalue weighted by molar-refractivity contribution is 6.33. The predicted octanol–water partition coefficient (Wildman–Crippen LogP) is 2.27. The number of carbonyl (C=O) groups is 1. The van der Waals surface area contributed by atoms with Gasteiger partial charge >= 0.3 is 0 Å². The fourth-order valence-corrected chi connectivity index (χ4v) is 2.02. The number of carbonyl (C=O) groups excluding carboxylic acids is 1. The fourth-order valence-electron chi connectivity index (χ4n) is 1.81. The van der Waals surface area contributed by atoms with Gasteiger partial charge < -0.3 is 11.1 Å². The Kier molecular flexibility index (Phi) is 4.06. The lowest BCUT2D eigenvalue weighted by Gasteiger charge is -2.09. The number of amides is 1. The molecule has 2 rings (SSSR count). The molecule has 0 radical (unpaired) electrons. The van der Waals surface area contributed by atoms with E-state index < -0.39 is 5.91 Å². The number of hydrogen-bond donors (Lipinski definition) is 2. The Labute approximate surface area is 116 Å². The normalized spacial score (nSPS) is 10.4. The maximum absolute atomic E-state index is 11.2. The van der Waals surface area contributed by atoms with Crippen LogP contribution < -0.4 is 11.1 Å². The number of anilines is 1. The third kappa shape index (κ3) is 3.06. The molecule has 0 saturated heterocycles. The Morgan fingerprint density at radius 1 is 1.47 bits per heavy atom. The molecule has 0 fully saturated rings. The summed E-state index contributed by atoms with van der Waals surface area (Å²) >= 11 is 5.90. The Morgan fingerprint density at radius 2 is 2.26 bits per heavy atom. The number of nitrogens with two attached hydrogens (primary N) is 1. The van der Waals surface area contributed by atoms with E-state index >= 15 is 0 Å². The molecule has 0 aliphatic carbocycles. The van der Waals surface area contributed by atoms with Crippen molar-refractivity contribution in [2.75, 3.05) is 5.32 Å². The first kappa shape index (κ1) is 13.4. The van der Waals surface area contributed by atoms with E-state index in [0.29, 0.717) is 17.1 Å². The van der Waals surface area contributed by atoms with Crippen LogP contribution >= 0.6 is 11.6 Å². The number of rotatable bonds is 5. The van der Waals surface area contributed by atoms with Crippen molar-refractivity contribution >= 4 is 23.2 Å². The number of aryl methyl sites for hydroxylation is 1. The lowest BCUT2D eigenvalue weighted by Crippen LogP contribution is -2.12. The van der Waals surface area contributed by atoms with Crippen LogP contribution in [-0.4, -0.2) is 15.7 Å². The van der Waals surface area contributed by atoms with Crippen molar-refractivity contribution in [2.45, 2.75) is 20.0 Å². The molecule has 2 aromatic rings. The van der Waals surface area contributed by atoms with Crippen LogP contribution in [0.2, 0.25) is 5.02 Å². The van der Waals surface area contributed by atoms with E-state index in [-0.39, 0.29) is 0 Å². The average Bonchev–Trinajstić information content (AvgIpc) is 2.84. The quantitative estimate of drug-likeness (QED) is 0.881. The second-order valence-corrected chi connectivity index (χ2v) is 4.46. The van der Waals surface area contributed by atoms with Gasteiger partial charge in [0.05, 0.1) is 22.8 Å². The Morgan fingerprint density at radius 3 is 2.95 bits per heavy atom. The van der Waals surface area contributed by atoms with E-state index in [2.05, 4.69) is 10.4 Å². The monoisotopic (exact) mass is 278 g/mol. The molecule has 0 bridgehead atoms. The number of benzene rings is 1. The van der Waals surface area contributed by atoms with Gasteiger partial charge in [0.1, 0.15) is 0 Å². The number of nitrogens with zero attached hydrogens (tertiary/aromatic N) is 2. The lowest BCUT2D eigenvalue weighted by atomic mass is 10.2. The van der Waals surface area contributed by atoms with Gasteiger partial charge in [-0.05, 0) is 31.2 Å². The first-order chi connectivity index (χ1) is 9.11. The molecular weight excluding hydrogens is 264 g/mol. The number of aromatic nitrogens is 2. The molecule has 0 aliphatic heterocycles. The summed E-state index contributed by atoms with van der Waals surface area (Å²) in [4.78, 5) is 11.2. The number of hydrogen-bond acceptors (Lipinski definition) is 3. The van der Waals surface area contributed by atoms with E-state index in [4.69, 9.17) is 17.3 Å². The third-order valence-electron chi connectivity index (χ3n) is 2.81. The first-order valence-corrected chi connectivity index (χ1v) is 6.33. The highest BCUT2D eigenvalue weighted by Crippen LogP contribution is 2.20. The molecule has 1 heterocycles. The highest BCUT2D eigenvalue weighted by atomic mass is 35.5. The second-order valence-electron chi connectivity index (χ2n) is 4.05. The second kappa shape index (κ2) is 5.75. The standard InChI is InChI=1S/C13H15ClN4O/c1-2-18-10(5-6-17-18)8-16-9-3-4-12(14)11(7-9)13(15)19/h3-7,16H,2,8H2,1H3,(H2,15,19). The maximum atomic E-state index is 11.2. The average molecular weight is 279 g/mol. The lowest BCUT2D eigenvalue weighted by molar-refractivity contribution is 0.100. The summed E-state index contributed by atoms with van der Waals surface area (Å²) < 4.78 is 1.90. The molecule has 100 valence electrons. The van der Waals surface area contributed by atoms with Crippen molar-refractivity contribution < 1.29 is 4.79 Å². The minimum absolute atomic E-state index is 0.315. The van der Waals surface area contributed by atoms with Crippen molar-refractivity contribution in [2.24, 2.45) is 5.73 Å². The molecule has 1 aromatic carbocycles.